The molecule has 0 radical (unpaired) electrons. The number of hydrogen-bond acceptors (Lipinski definition) is 3. The topological polar surface area (TPSA) is 78.5 Å². The van der Waals surface area contributed by atoms with Gasteiger partial charge in [0.25, 0.3) is 5.91 Å². The van der Waals surface area contributed by atoms with Crippen LogP contribution in [0, 0.1) is 5.92 Å². The molecule has 33 heavy (non-hydrogen) atoms. The zero-order chi connectivity index (χ0) is 23.4. The Morgan fingerprint density at radius 2 is 1.45 bits per heavy atom. The third kappa shape index (κ3) is 5.29. The Labute approximate surface area is 193 Å². The van der Waals surface area contributed by atoms with Crippen molar-refractivity contribution in [3.05, 3.63) is 90.0 Å². The van der Waals surface area contributed by atoms with Crippen LogP contribution in [0.4, 0.5) is 17.1 Å². The van der Waals surface area contributed by atoms with E-state index in [2.05, 4.69) is 24.5 Å². The molecule has 1 fully saturated rings. The molecule has 1 aliphatic rings. The van der Waals surface area contributed by atoms with Crippen molar-refractivity contribution >= 4 is 34.8 Å². The second-order valence-corrected chi connectivity index (χ2v) is 8.54. The maximum absolute atomic E-state index is 12.7. The third-order valence-electron chi connectivity index (χ3n) is 5.81. The second kappa shape index (κ2) is 9.69. The van der Waals surface area contributed by atoms with Crippen molar-refractivity contribution in [2.24, 2.45) is 5.92 Å². The molecule has 1 aliphatic heterocycles. The summed E-state index contributed by atoms with van der Waals surface area (Å²) in [6.45, 7) is 4.60. The Balaban J connectivity index is 1.34. The molecule has 0 aliphatic carbocycles. The van der Waals surface area contributed by atoms with Gasteiger partial charge in [0, 0.05) is 35.6 Å². The van der Waals surface area contributed by atoms with E-state index in [0.29, 0.717) is 23.7 Å². The van der Waals surface area contributed by atoms with Gasteiger partial charge >= 0.3 is 0 Å². The fourth-order valence-electron chi connectivity index (χ4n) is 3.84. The van der Waals surface area contributed by atoms with Crippen molar-refractivity contribution in [3.8, 4) is 0 Å². The average molecular weight is 442 g/mol. The highest BCUT2D eigenvalue weighted by molar-refractivity contribution is 6.05. The molecule has 0 bridgehead atoms. The first kappa shape index (κ1) is 22.3. The zero-order valence-corrected chi connectivity index (χ0v) is 18.7. The fourth-order valence-corrected chi connectivity index (χ4v) is 3.84. The van der Waals surface area contributed by atoms with Crippen molar-refractivity contribution in [2.45, 2.75) is 26.2 Å². The maximum atomic E-state index is 12.7. The lowest BCUT2D eigenvalue weighted by Crippen LogP contribution is -2.28. The first-order valence-corrected chi connectivity index (χ1v) is 11.1. The molecular weight excluding hydrogens is 414 g/mol. The minimum atomic E-state index is -0.422. The van der Waals surface area contributed by atoms with Gasteiger partial charge in [0.2, 0.25) is 11.8 Å². The number of carbonyl (C=O) groups is 3. The first-order chi connectivity index (χ1) is 15.9. The Morgan fingerprint density at radius 1 is 0.848 bits per heavy atom. The number of para-hydroxylation sites is 1. The number of carbonyl (C=O) groups excluding carboxylic acids is 3. The van der Waals surface area contributed by atoms with Gasteiger partial charge < -0.3 is 15.5 Å². The summed E-state index contributed by atoms with van der Waals surface area (Å²) in [6, 6.07) is 23.9. The smallest absolute Gasteiger partial charge is 0.255 e. The van der Waals surface area contributed by atoms with Gasteiger partial charge in [-0.15, -0.1) is 0 Å². The number of anilines is 3. The molecule has 6 nitrogen and oxygen atoms in total. The van der Waals surface area contributed by atoms with Gasteiger partial charge in [0.1, 0.15) is 0 Å². The van der Waals surface area contributed by atoms with Crippen LogP contribution in [0.5, 0.6) is 0 Å². The summed E-state index contributed by atoms with van der Waals surface area (Å²) in [4.78, 5) is 39.3. The number of hydrogen-bond donors (Lipinski definition) is 2. The number of nitrogens with zero attached hydrogens (tertiary/aromatic N) is 1. The summed E-state index contributed by atoms with van der Waals surface area (Å²) in [6.07, 6.45) is 0.177. The van der Waals surface area contributed by atoms with Gasteiger partial charge in [0.05, 0.1) is 5.92 Å². The summed E-state index contributed by atoms with van der Waals surface area (Å²) < 4.78 is 0. The van der Waals surface area contributed by atoms with E-state index >= 15 is 0 Å². The molecule has 168 valence electrons. The van der Waals surface area contributed by atoms with Crippen LogP contribution >= 0.6 is 0 Å². The third-order valence-corrected chi connectivity index (χ3v) is 5.81. The normalized spacial score (nSPS) is 15.5. The van der Waals surface area contributed by atoms with Crippen LogP contribution < -0.4 is 15.5 Å². The predicted octanol–water partition coefficient (Wildman–Crippen LogP) is 5.05. The number of amides is 3. The van der Waals surface area contributed by atoms with Gasteiger partial charge in [-0.05, 0) is 60.0 Å². The highest BCUT2D eigenvalue weighted by Crippen LogP contribution is 2.26. The first-order valence-electron chi connectivity index (χ1n) is 11.1. The van der Waals surface area contributed by atoms with Gasteiger partial charge in [-0.2, -0.15) is 0 Å². The SMILES string of the molecule is CC(C)c1ccc(NC(=O)c2ccc(NC(=O)C3CC(=O)N(c4ccccc4)C3)cc2)cc1. The van der Waals surface area contributed by atoms with Crippen LogP contribution in [0.2, 0.25) is 0 Å². The standard InChI is InChI=1S/C27H27N3O3/c1-18(2)19-8-12-22(13-9-19)28-26(32)20-10-14-23(15-11-20)29-27(33)21-16-25(31)30(17-21)24-6-4-3-5-7-24/h3-15,18,21H,16-17H2,1-2H3,(H,28,32)(H,29,33). The summed E-state index contributed by atoms with van der Waals surface area (Å²) in [7, 11) is 0. The number of rotatable bonds is 6. The van der Waals surface area contributed by atoms with Gasteiger partial charge in [-0.1, -0.05) is 44.2 Å². The van der Waals surface area contributed by atoms with Crippen molar-refractivity contribution in [2.75, 3.05) is 22.1 Å². The van der Waals surface area contributed by atoms with Gasteiger partial charge in [0.15, 0.2) is 0 Å². The zero-order valence-electron chi connectivity index (χ0n) is 18.7. The lowest BCUT2D eigenvalue weighted by Gasteiger charge is -2.16. The van der Waals surface area contributed by atoms with Crippen LogP contribution in [0.25, 0.3) is 0 Å². The second-order valence-electron chi connectivity index (χ2n) is 8.54. The summed E-state index contributed by atoms with van der Waals surface area (Å²) >= 11 is 0. The quantitative estimate of drug-likeness (QED) is 0.562. The van der Waals surface area contributed by atoms with Crippen LogP contribution in [0.3, 0.4) is 0 Å². The van der Waals surface area contributed by atoms with Gasteiger partial charge in [-0.25, -0.2) is 0 Å². The van der Waals surface area contributed by atoms with E-state index in [4.69, 9.17) is 0 Å². The highest BCUT2D eigenvalue weighted by Gasteiger charge is 2.35. The maximum Gasteiger partial charge on any atom is 0.255 e. The molecule has 0 aromatic heterocycles. The molecule has 1 unspecified atom stereocenters. The van der Waals surface area contributed by atoms with Crippen molar-refractivity contribution in [3.63, 3.8) is 0 Å². The van der Waals surface area contributed by atoms with Crippen molar-refractivity contribution < 1.29 is 14.4 Å². The minimum Gasteiger partial charge on any atom is -0.326 e. The summed E-state index contributed by atoms with van der Waals surface area (Å²) in [5.74, 6) is -0.472. The van der Waals surface area contributed by atoms with E-state index in [-0.39, 0.29) is 24.1 Å². The molecule has 0 spiro atoms. The Kier molecular flexibility index (Phi) is 6.54. The van der Waals surface area contributed by atoms with Crippen LogP contribution in [0.1, 0.15) is 42.1 Å². The lowest BCUT2D eigenvalue weighted by atomic mass is 10.0. The van der Waals surface area contributed by atoms with Crippen molar-refractivity contribution in [1.82, 2.24) is 0 Å². The van der Waals surface area contributed by atoms with Gasteiger partial charge in [-0.3, -0.25) is 14.4 Å². The van der Waals surface area contributed by atoms with E-state index in [9.17, 15) is 14.4 Å². The molecule has 3 aromatic carbocycles. The molecule has 3 amide bonds. The van der Waals surface area contributed by atoms with E-state index < -0.39 is 5.92 Å². The molecule has 3 aromatic rings. The van der Waals surface area contributed by atoms with Crippen LogP contribution in [-0.4, -0.2) is 24.3 Å². The minimum absolute atomic E-state index is 0.0604. The molecule has 1 heterocycles. The van der Waals surface area contributed by atoms with E-state index in [1.54, 1.807) is 29.2 Å². The van der Waals surface area contributed by atoms with E-state index in [1.807, 2.05) is 54.6 Å². The lowest BCUT2D eigenvalue weighted by molar-refractivity contribution is -0.122. The monoisotopic (exact) mass is 441 g/mol. The van der Waals surface area contributed by atoms with Crippen LogP contribution in [-0.2, 0) is 9.59 Å². The van der Waals surface area contributed by atoms with Crippen molar-refractivity contribution in [1.29, 1.82) is 0 Å². The highest BCUT2D eigenvalue weighted by atomic mass is 16.2. The van der Waals surface area contributed by atoms with E-state index in [1.165, 1.54) is 5.56 Å². The largest absolute Gasteiger partial charge is 0.326 e. The average Bonchev–Trinajstić information content (AvgIpc) is 3.22. The Hall–Kier alpha value is -3.93. The summed E-state index contributed by atoms with van der Waals surface area (Å²) in [5, 5.41) is 5.74. The molecule has 1 atom stereocenters. The Bertz CT molecular complexity index is 1140. The molecular formula is C27H27N3O3. The fraction of sp³-hybridized carbons (Fsp3) is 0.222. The molecule has 0 saturated carbocycles. The molecule has 2 N–H and O–H groups in total. The van der Waals surface area contributed by atoms with Crippen LogP contribution in [0.15, 0.2) is 78.9 Å². The molecule has 4 rings (SSSR count). The molecule has 1 saturated heterocycles. The predicted molar refractivity (Wildman–Crippen MR) is 130 cm³/mol. The van der Waals surface area contributed by atoms with E-state index in [0.717, 1.165) is 11.4 Å². The number of benzene rings is 3. The Morgan fingerprint density at radius 3 is 2.09 bits per heavy atom. The number of nitrogens with one attached hydrogen (secondary N) is 2. The summed E-state index contributed by atoms with van der Waals surface area (Å²) in [5.41, 5.74) is 3.82. The molecule has 6 heteroatoms.